The standard InChI is InChI=1S/C18H20FN3O/c19-16-9-3-2-7-14(16)13-21-18(23)15-8-6-10-20-17(15)22-11-4-1-5-12-22/h2-3,6-10H,1,4-5,11-13H2,(H,21,23). The highest BCUT2D eigenvalue weighted by molar-refractivity contribution is 5.98. The summed E-state index contributed by atoms with van der Waals surface area (Å²) in [6.45, 7) is 2.01. The van der Waals surface area contributed by atoms with Gasteiger partial charge in [0.25, 0.3) is 5.91 Å². The third kappa shape index (κ3) is 3.67. The highest BCUT2D eigenvalue weighted by Crippen LogP contribution is 2.21. The highest BCUT2D eigenvalue weighted by atomic mass is 19.1. The van der Waals surface area contributed by atoms with Crippen LogP contribution < -0.4 is 10.2 Å². The topological polar surface area (TPSA) is 45.2 Å². The van der Waals surface area contributed by atoms with Crippen molar-refractivity contribution in [3.63, 3.8) is 0 Å². The van der Waals surface area contributed by atoms with Crippen LogP contribution in [-0.4, -0.2) is 24.0 Å². The Hall–Kier alpha value is -2.43. The van der Waals surface area contributed by atoms with Crippen molar-refractivity contribution in [1.29, 1.82) is 0 Å². The SMILES string of the molecule is O=C(NCc1ccccc1F)c1cccnc1N1CCCCC1. The average molecular weight is 313 g/mol. The van der Waals surface area contributed by atoms with Gasteiger partial charge in [0.2, 0.25) is 0 Å². The summed E-state index contributed by atoms with van der Waals surface area (Å²) in [6.07, 6.45) is 5.16. The molecule has 0 atom stereocenters. The fourth-order valence-electron chi connectivity index (χ4n) is 2.84. The summed E-state index contributed by atoms with van der Waals surface area (Å²) in [4.78, 5) is 19.0. The van der Waals surface area contributed by atoms with Gasteiger partial charge in [0, 0.05) is 31.4 Å². The molecule has 0 aliphatic carbocycles. The molecule has 23 heavy (non-hydrogen) atoms. The number of halogens is 1. The number of amides is 1. The van der Waals surface area contributed by atoms with Gasteiger partial charge in [0.05, 0.1) is 5.56 Å². The molecule has 4 nitrogen and oxygen atoms in total. The number of nitrogens with zero attached hydrogens (tertiary/aromatic N) is 2. The van der Waals surface area contributed by atoms with Crippen LogP contribution in [0.25, 0.3) is 0 Å². The second-order valence-corrected chi connectivity index (χ2v) is 5.70. The summed E-state index contributed by atoms with van der Waals surface area (Å²) in [5.74, 6) is 0.190. The molecule has 0 unspecified atom stereocenters. The zero-order chi connectivity index (χ0) is 16.1. The number of carbonyl (C=O) groups is 1. The Kier molecular flexibility index (Phi) is 4.86. The summed E-state index contributed by atoms with van der Waals surface area (Å²) >= 11 is 0. The molecule has 1 aliphatic rings. The second kappa shape index (κ2) is 7.22. The summed E-state index contributed by atoms with van der Waals surface area (Å²) < 4.78 is 13.6. The van der Waals surface area contributed by atoms with E-state index in [4.69, 9.17) is 0 Å². The van der Waals surface area contributed by atoms with E-state index in [0.717, 1.165) is 31.7 Å². The lowest BCUT2D eigenvalue weighted by molar-refractivity contribution is 0.0950. The molecule has 2 heterocycles. The second-order valence-electron chi connectivity index (χ2n) is 5.70. The number of nitrogens with one attached hydrogen (secondary N) is 1. The van der Waals surface area contributed by atoms with Gasteiger partial charge in [0.1, 0.15) is 11.6 Å². The maximum atomic E-state index is 13.6. The Morgan fingerprint density at radius 1 is 1.13 bits per heavy atom. The first kappa shape index (κ1) is 15.5. The van der Waals surface area contributed by atoms with Gasteiger partial charge in [-0.25, -0.2) is 9.37 Å². The molecular weight excluding hydrogens is 293 g/mol. The quantitative estimate of drug-likeness (QED) is 0.943. The van der Waals surface area contributed by atoms with Crippen molar-refractivity contribution < 1.29 is 9.18 Å². The first-order valence-corrected chi connectivity index (χ1v) is 7.97. The van der Waals surface area contributed by atoms with Crippen LogP contribution in [0.1, 0.15) is 35.2 Å². The zero-order valence-electron chi connectivity index (χ0n) is 13.0. The monoisotopic (exact) mass is 313 g/mol. The molecule has 2 aromatic rings. The number of pyridine rings is 1. The van der Waals surface area contributed by atoms with Gasteiger partial charge in [-0.15, -0.1) is 0 Å². The maximum absolute atomic E-state index is 13.6. The van der Waals surface area contributed by atoms with E-state index in [2.05, 4.69) is 15.2 Å². The van der Waals surface area contributed by atoms with E-state index >= 15 is 0 Å². The largest absolute Gasteiger partial charge is 0.356 e. The van der Waals surface area contributed by atoms with Gasteiger partial charge >= 0.3 is 0 Å². The predicted octanol–water partition coefficient (Wildman–Crippen LogP) is 3.14. The van der Waals surface area contributed by atoms with E-state index in [0.29, 0.717) is 11.1 Å². The first-order chi connectivity index (χ1) is 11.3. The Morgan fingerprint density at radius 3 is 2.70 bits per heavy atom. The molecule has 1 aromatic heterocycles. The van der Waals surface area contributed by atoms with Gasteiger partial charge in [0.15, 0.2) is 0 Å². The lowest BCUT2D eigenvalue weighted by atomic mass is 10.1. The van der Waals surface area contributed by atoms with E-state index in [-0.39, 0.29) is 18.3 Å². The average Bonchev–Trinajstić information content (AvgIpc) is 2.61. The molecule has 1 N–H and O–H groups in total. The van der Waals surface area contributed by atoms with E-state index in [1.807, 2.05) is 0 Å². The van der Waals surface area contributed by atoms with E-state index in [9.17, 15) is 9.18 Å². The minimum atomic E-state index is -0.310. The van der Waals surface area contributed by atoms with Crippen LogP contribution in [0.2, 0.25) is 0 Å². The van der Waals surface area contributed by atoms with Crippen LogP contribution in [0.4, 0.5) is 10.2 Å². The van der Waals surface area contributed by atoms with Crippen LogP contribution in [-0.2, 0) is 6.54 Å². The lowest BCUT2D eigenvalue weighted by Crippen LogP contribution is -2.33. The normalized spacial score (nSPS) is 14.6. The van der Waals surface area contributed by atoms with Crippen LogP contribution in [0.15, 0.2) is 42.6 Å². The van der Waals surface area contributed by atoms with Crippen molar-refractivity contribution in [2.24, 2.45) is 0 Å². The Bertz CT molecular complexity index is 683. The van der Waals surface area contributed by atoms with E-state index < -0.39 is 0 Å². The van der Waals surface area contributed by atoms with Gasteiger partial charge in [-0.2, -0.15) is 0 Å². The first-order valence-electron chi connectivity index (χ1n) is 7.97. The highest BCUT2D eigenvalue weighted by Gasteiger charge is 2.19. The zero-order valence-corrected chi connectivity index (χ0v) is 13.0. The summed E-state index contributed by atoms with van der Waals surface area (Å²) in [5.41, 5.74) is 1.02. The molecular formula is C18H20FN3O. The van der Waals surface area contributed by atoms with Crippen molar-refractivity contribution in [3.8, 4) is 0 Å². The fraction of sp³-hybridized carbons (Fsp3) is 0.333. The van der Waals surface area contributed by atoms with Crippen LogP contribution in [0.5, 0.6) is 0 Å². The van der Waals surface area contributed by atoms with E-state index in [1.54, 1.807) is 36.5 Å². The van der Waals surface area contributed by atoms with Crippen LogP contribution >= 0.6 is 0 Å². The number of rotatable bonds is 4. The predicted molar refractivity (Wildman–Crippen MR) is 87.9 cm³/mol. The Labute approximate surface area is 135 Å². The minimum Gasteiger partial charge on any atom is -0.356 e. The number of carbonyl (C=O) groups excluding carboxylic acids is 1. The number of hydrogen-bond donors (Lipinski definition) is 1. The maximum Gasteiger partial charge on any atom is 0.255 e. The van der Waals surface area contributed by atoms with Crippen LogP contribution in [0.3, 0.4) is 0 Å². The number of hydrogen-bond acceptors (Lipinski definition) is 3. The Morgan fingerprint density at radius 2 is 1.91 bits per heavy atom. The molecule has 1 saturated heterocycles. The van der Waals surface area contributed by atoms with Crippen molar-refractivity contribution in [2.75, 3.05) is 18.0 Å². The molecule has 0 spiro atoms. The van der Waals surface area contributed by atoms with Gasteiger partial charge < -0.3 is 10.2 Å². The molecule has 1 aliphatic heterocycles. The number of anilines is 1. The number of benzene rings is 1. The molecule has 1 amide bonds. The summed E-state index contributed by atoms with van der Waals surface area (Å²) in [5, 5.41) is 2.79. The van der Waals surface area contributed by atoms with Crippen molar-refractivity contribution >= 4 is 11.7 Å². The third-order valence-electron chi connectivity index (χ3n) is 4.08. The molecule has 3 rings (SSSR count). The van der Waals surface area contributed by atoms with Gasteiger partial charge in [-0.05, 0) is 37.5 Å². The molecule has 0 radical (unpaired) electrons. The lowest BCUT2D eigenvalue weighted by Gasteiger charge is -2.29. The van der Waals surface area contributed by atoms with Crippen molar-refractivity contribution in [2.45, 2.75) is 25.8 Å². The van der Waals surface area contributed by atoms with Gasteiger partial charge in [-0.1, -0.05) is 18.2 Å². The van der Waals surface area contributed by atoms with Crippen molar-refractivity contribution in [3.05, 3.63) is 59.5 Å². The van der Waals surface area contributed by atoms with Crippen LogP contribution in [0, 0.1) is 5.82 Å². The third-order valence-corrected chi connectivity index (χ3v) is 4.08. The molecule has 5 heteroatoms. The number of piperidine rings is 1. The summed E-state index contributed by atoms with van der Waals surface area (Å²) in [7, 11) is 0. The molecule has 1 fully saturated rings. The minimum absolute atomic E-state index is 0.167. The molecule has 0 saturated carbocycles. The molecule has 120 valence electrons. The van der Waals surface area contributed by atoms with Crippen molar-refractivity contribution in [1.82, 2.24) is 10.3 Å². The van der Waals surface area contributed by atoms with Gasteiger partial charge in [-0.3, -0.25) is 4.79 Å². The summed E-state index contributed by atoms with van der Waals surface area (Å²) in [6, 6.07) is 9.98. The number of aromatic nitrogens is 1. The smallest absolute Gasteiger partial charge is 0.255 e. The fourth-order valence-corrected chi connectivity index (χ4v) is 2.84. The Balaban J connectivity index is 1.73. The molecule has 0 bridgehead atoms. The van der Waals surface area contributed by atoms with E-state index in [1.165, 1.54) is 12.5 Å². The molecule has 1 aromatic carbocycles.